The molecule has 0 aliphatic rings. The standard InChI is InChI=1S/C18H16N6/c1-2-4-14-13(3-1)5-7-16(23-14)20-10-11-21-17-8-6-15-18(24-17)22-12-9-19-15/h1-9,12H,10-11H2,(H,20,23)(H,21,22,24). The Kier molecular flexibility index (Phi) is 3.85. The van der Waals surface area contributed by atoms with Crippen LogP contribution < -0.4 is 10.6 Å². The molecule has 3 aromatic heterocycles. The lowest BCUT2D eigenvalue weighted by Gasteiger charge is -2.08. The molecule has 24 heavy (non-hydrogen) atoms. The molecule has 0 atom stereocenters. The molecule has 0 amide bonds. The van der Waals surface area contributed by atoms with Crippen molar-refractivity contribution >= 4 is 33.7 Å². The molecule has 118 valence electrons. The predicted molar refractivity (Wildman–Crippen MR) is 96.1 cm³/mol. The number of fused-ring (bicyclic) bond motifs is 2. The van der Waals surface area contributed by atoms with Gasteiger partial charge in [-0.2, -0.15) is 0 Å². The molecule has 0 radical (unpaired) electrons. The lowest BCUT2D eigenvalue weighted by molar-refractivity contribution is 1.05. The minimum atomic E-state index is 0.645. The van der Waals surface area contributed by atoms with Crippen molar-refractivity contribution < 1.29 is 0 Å². The summed E-state index contributed by atoms with van der Waals surface area (Å²) in [5.41, 5.74) is 2.43. The molecule has 6 nitrogen and oxygen atoms in total. The van der Waals surface area contributed by atoms with Crippen LogP contribution in [0.15, 0.2) is 60.9 Å². The number of aromatic nitrogens is 4. The second kappa shape index (κ2) is 6.45. The van der Waals surface area contributed by atoms with Gasteiger partial charge in [0, 0.05) is 30.9 Å². The van der Waals surface area contributed by atoms with E-state index in [1.54, 1.807) is 12.4 Å². The first-order chi connectivity index (χ1) is 11.9. The van der Waals surface area contributed by atoms with E-state index in [4.69, 9.17) is 0 Å². The molecule has 0 saturated heterocycles. The molecule has 4 rings (SSSR count). The third-order valence-electron chi connectivity index (χ3n) is 3.67. The Morgan fingerprint density at radius 1 is 0.667 bits per heavy atom. The van der Waals surface area contributed by atoms with Crippen LogP contribution in [0.3, 0.4) is 0 Å². The number of nitrogens with one attached hydrogen (secondary N) is 2. The van der Waals surface area contributed by atoms with Gasteiger partial charge in [0.25, 0.3) is 0 Å². The maximum Gasteiger partial charge on any atom is 0.180 e. The highest BCUT2D eigenvalue weighted by molar-refractivity contribution is 5.80. The normalized spacial score (nSPS) is 10.8. The van der Waals surface area contributed by atoms with E-state index in [2.05, 4.69) is 42.7 Å². The maximum atomic E-state index is 4.59. The average molecular weight is 316 g/mol. The largest absolute Gasteiger partial charge is 0.368 e. The van der Waals surface area contributed by atoms with Gasteiger partial charge >= 0.3 is 0 Å². The first-order valence-corrected chi connectivity index (χ1v) is 7.80. The molecule has 3 heterocycles. The van der Waals surface area contributed by atoms with Gasteiger partial charge in [0.2, 0.25) is 0 Å². The molecule has 0 unspecified atom stereocenters. The summed E-state index contributed by atoms with van der Waals surface area (Å²) >= 11 is 0. The summed E-state index contributed by atoms with van der Waals surface area (Å²) in [7, 11) is 0. The van der Waals surface area contributed by atoms with Gasteiger partial charge < -0.3 is 10.6 Å². The van der Waals surface area contributed by atoms with Crippen molar-refractivity contribution in [3.63, 3.8) is 0 Å². The van der Waals surface area contributed by atoms with Crippen LogP contribution in [0, 0.1) is 0 Å². The molecule has 0 spiro atoms. The topological polar surface area (TPSA) is 75.6 Å². The van der Waals surface area contributed by atoms with Crippen molar-refractivity contribution in [2.45, 2.75) is 0 Å². The molecule has 2 N–H and O–H groups in total. The van der Waals surface area contributed by atoms with Crippen LogP contribution in [0.2, 0.25) is 0 Å². The van der Waals surface area contributed by atoms with Crippen LogP contribution in [0.5, 0.6) is 0 Å². The number of nitrogens with zero attached hydrogens (tertiary/aromatic N) is 4. The minimum absolute atomic E-state index is 0.645. The van der Waals surface area contributed by atoms with Gasteiger partial charge in [0.05, 0.1) is 5.52 Å². The predicted octanol–water partition coefficient (Wildman–Crippen LogP) is 3.10. The van der Waals surface area contributed by atoms with Crippen molar-refractivity contribution in [2.75, 3.05) is 23.7 Å². The lowest BCUT2D eigenvalue weighted by Crippen LogP contribution is -2.15. The fourth-order valence-corrected chi connectivity index (χ4v) is 2.50. The first-order valence-electron chi connectivity index (χ1n) is 7.80. The Morgan fingerprint density at radius 2 is 1.42 bits per heavy atom. The van der Waals surface area contributed by atoms with Crippen molar-refractivity contribution in [3.05, 3.63) is 60.9 Å². The maximum absolute atomic E-state index is 4.59. The molecular formula is C18H16N6. The summed E-state index contributed by atoms with van der Waals surface area (Å²) in [6.45, 7) is 1.47. The summed E-state index contributed by atoms with van der Waals surface area (Å²) in [4.78, 5) is 17.4. The van der Waals surface area contributed by atoms with Crippen molar-refractivity contribution in [3.8, 4) is 0 Å². The van der Waals surface area contributed by atoms with Crippen molar-refractivity contribution in [2.24, 2.45) is 0 Å². The number of rotatable bonds is 5. The van der Waals surface area contributed by atoms with Gasteiger partial charge in [0.1, 0.15) is 17.2 Å². The number of pyridine rings is 2. The van der Waals surface area contributed by atoms with Crippen LogP contribution in [-0.2, 0) is 0 Å². The Bertz CT molecular complexity index is 904. The van der Waals surface area contributed by atoms with E-state index < -0.39 is 0 Å². The summed E-state index contributed by atoms with van der Waals surface area (Å²) in [6.07, 6.45) is 3.31. The van der Waals surface area contributed by atoms with E-state index in [0.717, 1.165) is 41.1 Å². The lowest BCUT2D eigenvalue weighted by atomic mass is 10.2. The number of hydrogen-bond donors (Lipinski definition) is 2. The van der Waals surface area contributed by atoms with E-state index in [1.807, 2.05) is 36.4 Å². The summed E-state index contributed by atoms with van der Waals surface area (Å²) < 4.78 is 0. The molecule has 0 fully saturated rings. The molecule has 0 bridgehead atoms. The van der Waals surface area contributed by atoms with Gasteiger partial charge in [-0.1, -0.05) is 18.2 Å². The van der Waals surface area contributed by atoms with E-state index in [-0.39, 0.29) is 0 Å². The average Bonchev–Trinajstić information content (AvgIpc) is 2.65. The number of anilines is 2. The van der Waals surface area contributed by atoms with Crippen LogP contribution in [-0.4, -0.2) is 33.0 Å². The van der Waals surface area contributed by atoms with Gasteiger partial charge in [-0.3, -0.25) is 4.98 Å². The minimum Gasteiger partial charge on any atom is -0.368 e. The molecule has 4 aromatic rings. The molecule has 0 aliphatic heterocycles. The van der Waals surface area contributed by atoms with E-state index in [1.165, 1.54) is 0 Å². The summed E-state index contributed by atoms with van der Waals surface area (Å²) in [5.74, 6) is 1.66. The van der Waals surface area contributed by atoms with Crippen molar-refractivity contribution in [1.82, 2.24) is 19.9 Å². The quantitative estimate of drug-likeness (QED) is 0.551. The van der Waals surface area contributed by atoms with Gasteiger partial charge in [-0.05, 0) is 30.3 Å². The smallest absolute Gasteiger partial charge is 0.180 e. The van der Waals surface area contributed by atoms with Crippen LogP contribution in [0.4, 0.5) is 11.6 Å². The second-order valence-corrected chi connectivity index (χ2v) is 5.34. The molecule has 1 aromatic carbocycles. The zero-order chi connectivity index (χ0) is 16.2. The third-order valence-corrected chi connectivity index (χ3v) is 3.67. The van der Waals surface area contributed by atoms with E-state index in [0.29, 0.717) is 5.65 Å². The number of para-hydroxylation sites is 1. The van der Waals surface area contributed by atoms with Crippen LogP contribution in [0.25, 0.3) is 22.1 Å². The van der Waals surface area contributed by atoms with Crippen LogP contribution in [0.1, 0.15) is 0 Å². The zero-order valence-corrected chi connectivity index (χ0v) is 13.0. The molecule has 0 saturated carbocycles. The molecule has 0 aliphatic carbocycles. The van der Waals surface area contributed by atoms with Gasteiger partial charge in [-0.25, -0.2) is 15.0 Å². The summed E-state index contributed by atoms with van der Waals surface area (Å²) in [6, 6.07) is 16.0. The number of hydrogen-bond acceptors (Lipinski definition) is 6. The first kappa shape index (κ1) is 14.3. The monoisotopic (exact) mass is 316 g/mol. The van der Waals surface area contributed by atoms with E-state index in [9.17, 15) is 0 Å². The third kappa shape index (κ3) is 3.08. The molecular weight excluding hydrogens is 300 g/mol. The Balaban J connectivity index is 1.36. The highest BCUT2D eigenvalue weighted by Gasteiger charge is 2.00. The second-order valence-electron chi connectivity index (χ2n) is 5.34. The fourth-order valence-electron chi connectivity index (χ4n) is 2.50. The van der Waals surface area contributed by atoms with Gasteiger partial charge in [-0.15, -0.1) is 0 Å². The fraction of sp³-hybridized carbons (Fsp3) is 0.111. The summed E-state index contributed by atoms with van der Waals surface area (Å²) in [5, 5.41) is 7.73. The Hall–Kier alpha value is -3.28. The van der Waals surface area contributed by atoms with E-state index >= 15 is 0 Å². The number of benzene rings is 1. The highest BCUT2D eigenvalue weighted by atomic mass is 15.1. The Morgan fingerprint density at radius 3 is 2.33 bits per heavy atom. The Labute approximate surface area is 139 Å². The SMILES string of the molecule is c1ccc2nc(NCCNc3ccc4nccnc4n3)ccc2c1. The van der Waals surface area contributed by atoms with Crippen LogP contribution >= 0.6 is 0 Å². The highest BCUT2D eigenvalue weighted by Crippen LogP contribution is 2.14. The zero-order valence-electron chi connectivity index (χ0n) is 13.0. The van der Waals surface area contributed by atoms with Gasteiger partial charge in [0.15, 0.2) is 5.65 Å². The van der Waals surface area contributed by atoms with Crippen molar-refractivity contribution in [1.29, 1.82) is 0 Å². The molecule has 6 heteroatoms.